The summed E-state index contributed by atoms with van der Waals surface area (Å²) in [7, 11) is 0. The van der Waals surface area contributed by atoms with Gasteiger partial charge in [0.25, 0.3) is 0 Å². The molecule has 1 amide bonds. The van der Waals surface area contributed by atoms with Crippen LogP contribution in [0.5, 0.6) is 0 Å². The standard InChI is InChI=1S/C20H22ClN5OS/c1-3-13-7-5-8-14(4-2)18(13)23-17(27)12-28-20-25-24-19(26(20)22)15-9-6-10-16(21)11-15/h5-11H,3-4,12,22H2,1-2H3,(H,23,27). The maximum atomic E-state index is 12.5. The van der Waals surface area contributed by atoms with Crippen LogP contribution in [0.2, 0.25) is 5.02 Å². The summed E-state index contributed by atoms with van der Waals surface area (Å²) in [4.78, 5) is 12.5. The number of amides is 1. The molecule has 0 bridgehead atoms. The van der Waals surface area contributed by atoms with Gasteiger partial charge in [-0.2, -0.15) is 0 Å². The van der Waals surface area contributed by atoms with Crippen LogP contribution in [0.3, 0.4) is 0 Å². The van der Waals surface area contributed by atoms with Crippen molar-refractivity contribution in [2.24, 2.45) is 0 Å². The van der Waals surface area contributed by atoms with Gasteiger partial charge in [0.15, 0.2) is 5.82 Å². The fourth-order valence-corrected chi connectivity index (χ4v) is 3.76. The molecule has 0 radical (unpaired) electrons. The van der Waals surface area contributed by atoms with Gasteiger partial charge in [-0.1, -0.05) is 67.5 Å². The number of carbonyl (C=O) groups is 1. The maximum absolute atomic E-state index is 12.5. The number of nitrogens with two attached hydrogens (primary N) is 1. The molecular formula is C20H22ClN5OS. The lowest BCUT2D eigenvalue weighted by Gasteiger charge is -2.14. The first kappa shape index (κ1) is 20.2. The summed E-state index contributed by atoms with van der Waals surface area (Å²) >= 11 is 7.27. The van der Waals surface area contributed by atoms with Crippen molar-refractivity contribution in [1.29, 1.82) is 0 Å². The fraction of sp³-hybridized carbons (Fsp3) is 0.250. The normalized spacial score (nSPS) is 10.8. The number of halogens is 1. The SMILES string of the molecule is CCc1cccc(CC)c1NC(=O)CSc1nnc(-c2cccc(Cl)c2)n1N. The summed E-state index contributed by atoms with van der Waals surface area (Å²) in [5.74, 6) is 6.69. The first-order chi connectivity index (χ1) is 13.5. The van der Waals surface area contributed by atoms with E-state index in [2.05, 4.69) is 29.4 Å². The molecule has 0 aliphatic rings. The van der Waals surface area contributed by atoms with Gasteiger partial charge in [0, 0.05) is 16.3 Å². The quantitative estimate of drug-likeness (QED) is 0.446. The topological polar surface area (TPSA) is 85.8 Å². The van der Waals surface area contributed by atoms with Crippen molar-refractivity contribution in [3.8, 4) is 11.4 Å². The Morgan fingerprint density at radius 1 is 1.14 bits per heavy atom. The molecule has 6 nitrogen and oxygen atoms in total. The van der Waals surface area contributed by atoms with Crippen LogP contribution in [0.15, 0.2) is 47.6 Å². The molecule has 3 rings (SSSR count). The highest BCUT2D eigenvalue weighted by Crippen LogP contribution is 2.25. The van der Waals surface area contributed by atoms with Crippen molar-refractivity contribution >= 4 is 35.0 Å². The molecule has 8 heteroatoms. The Morgan fingerprint density at radius 3 is 2.46 bits per heavy atom. The summed E-state index contributed by atoms with van der Waals surface area (Å²) in [5, 5.41) is 12.3. The van der Waals surface area contributed by atoms with E-state index >= 15 is 0 Å². The van der Waals surface area contributed by atoms with E-state index in [4.69, 9.17) is 17.4 Å². The lowest BCUT2D eigenvalue weighted by atomic mass is 10.0. The average Bonchev–Trinajstić information content (AvgIpc) is 3.07. The zero-order chi connectivity index (χ0) is 20.1. The molecule has 3 N–H and O–H groups in total. The Morgan fingerprint density at radius 2 is 1.82 bits per heavy atom. The Balaban J connectivity index is 1.69. The Bertz CT molecular complexity index is 966. The predicted molar refractivity (Wildman–Crippen MR) is 115 cm³/mol. The Hall–Kier alpha value is -2.51. The second kappa shape index (κ2) is 9.12. The van der Waals surface area contributed by atoms with Crippen LogP contribution in [0.25, 0.3) is 11.4 Å². The molecule has 2 aromatic carbocycles. The molecule has 1 aromatic heterocycles. The van der Waals surface area contributed by atoms with Gasteiger partial charge in [0.2, 0.25) is 11.1 Å². The number of aryl methyl sites for hydroxylation is 2. The van der Waals surface area contributed by atoms with Crippen LogP contribution < -0.4 is 11.2 Å². The van der Waals surface area contributed by atoms with Crippen LogP contribution >= 0.6 is 23.4 Å². The molecule has 146 valence electrons. The van der Waals surface area contributed by atoms with Gasteiger partial charge in [-0.05, 0) is 36.1 Å². The number of thioether (sulfide) groups is 1. The number of benzene rings is 2. The molecular weight excluding hydrogens is 394 g/mol. The summed E-state index contributed by atoms with van der Waals surface area (Å²) in [6.07, 6.45) is 1.72. The second-order valence-corrected chi connectivity index (χ2v) is 7.56. The van der Waals surface area contributed by atoms with Crippen LogP contribution in [-0.4, -0.2) is 26.5 Å². The number of anilines is 1. The second-order valence-electron chi connectivity index (χ2n) is 6.18. The summed E-state index contributed by atoms with van der Waals surface area (Å²) in [6.45, 7) is 4.15. The number of nitrogens with one attached hydrogen (secondary N) is 1. The number of aromatic nitrogens is 3. The van der Waals surface area contributed by atoms with Crippen molar-refractivity contribution in [2.75, 3.05) is 16.9 Å². The number of hydrogen-bond donors (Lipinski definition) is 2. The van der Waals surface area contributed by atoms with E-state index in [0.29, 0.717) is 16.0 Å². The summed E-state index contributed by atoms with van der Waals surface area (Å²) < 4.78 is 1.38. The van der Waals surface area contributed by atoms with E-state index in [1.54, 1.807) is 12.1 Å². The lowest BCUT2D eigenvalue weighted by molar-refractivity contribution is -0.113. The van der Waals surface area contributed by atoms with Gasteiger partial charge < -0.3 is 11.2 Å². The van der Waals surface area contributed by atoms with E-state index < -0.39 is 0 Å². The molecule has 0 saturated carbocycles. The third kappa shape index (κ3) is 4.48. The molecule has 28 heavy (non-hydrogen) atoms. The molecule has 0 saturated heterocycles. The first-order valence-corrected chi connectivity index (χ1v) is 10.4. The van der Waals surface area contributed by atoms with Crippen molar-refractivity contribution in [3.05, 3.63) is 58.6 Å². The highest BCUT2D eigenvalue weighted by Gasteiger charge is 2.15. The molecule has 0 spiro atoms. The molecule has 0 aliphatic heterocycles. The largest absolute Gasteiger partial charge is 0.335 e. The van der Waals surface area contributed by atoms with Crippen LogP contribution in [0.1, 0.15) is 25.0 Å². The van der Waals surface area contributed by atoms with Crippen LogP contribution in [0.4, 0.5) is 5.69 Å². The smallest absolute Gasteiger partial charge is 0.234 e. The maximum Gasteiger partial charge on any atom is 0.234 e. The Kier molecular flexibility index (Phi) is 6.59. The van der Waals surface area contributed by atoms with Crippen molar-refractivity contribution < 1.29 is 4.79 Å². The molecule has 0 aliphatic carbocycles. The van der Waals surface area contributed by atoms with Gasteiger partial charge in [-0.25, -0.2) is 4.68 Å². The van der Waals surface area contributed by atoms with Gasteiger partial charge >= 0.3 is 0 Å². The van der Waals surface area contributed by atoms with Gasteiger partial charge in [-0.3, -0.25) is 4.79 Å². The average molecular weight is 416 g/mol. The number of carbonyl (C=O) groups excluding carboxylic acids is 1. The van der Waals surface area contributed by atoms with Crippen molar-refractivity contribution in [1.82, 2.24) is 14.9 Å². The Labute approximate surface area is 173 Å². The highest BCUT2D eigenvalue weighted by atomic mass is 35.5. The minimum Gasteiger partial charge on any atom is -0.335 e. The highest BCUT2D eigenvalue weighted by molar-refractivity contribution is 7.99. The molecule has 1 heterocycles. The van der Waals surface area contributed by atoms with Crippen LogP contribution in [0, 0.1) is 0 Å². The van der Waals surface area contributed by atoms with E-state index in [1.165, 1.54) is 16.4 Å². The summed E-state index contributed by atoms with van der Waals surface area (Å²) in [5.41, 5.74) is 3.93. The zero-order valence-electron chi connectivity index (χ0n) is 15.8. The van der Waals surface area contributed by atoms with Gasteiger partial charge in [-0.15, -0.1) is 10.2 Å². The molecule has 3 aromatic rings. The van der Waals surface area contributed by atoms with Crippen molar-refractivity contribution in [3.63, 3.8) is 0 Å². The molecule has 0 unspecified atom stereocenters. The number of hydrogen-bond acceptors (Lipinski definition) is 5. The number of rotatable bonds is 7. The molecule has 0 fully saturated rings. The number of nitrogens with zero attached hydrogens (tertiary/aromatic N) is 3. The zero-order valence-corrected chi connectivity index (χ0v) is 17.3. The predicted octanol–water partition coefficient (Wildman–Crippen LogP) is 4.17. The third-order valence-corrected chi connectivity index (χ3v) is 5.52. The van der Waals surface area contributed by atoms with E-state index in [9.17, 15) is 4.79 Å². The number of nitrogen functional groups attached to an aromatic ring is 1. The molecule has 0 atom stereocenters. The van der Waals surface area contributed by atoms with E-state index in [0.717, 1.165) is 35.2 Å². The monoisotopic (exact) mass is 415 g/mol. The first-order valence-electron chi connectivity index (χ1n) is 9.03. The number of para-hydroxylation sites is 1. The third-order valence-electron chi connectivity index (χ3n) is 4.34. The van der Waals surface area contributed by atoms with Crippen LogP contribution in [-0.2, 0) is 17.6 Å². The van der Waals surface area contributed by atoms with Crippen molar-refractivity contribution in [2.45, 2.75) is 31.8 Å². The fourth-order valence-electron chi connectivity index (χ4n) is 2.91. The lowest BCUT2D eigenvalue weighted by Crippen LogP contribution is -2.18. The van der Waals surface area contributed by atoms with E-state index in [1.807, 2.05) is 30.3 Å². The van der Waals surface area contributed by atoms with Gasteiger partial charge in [0.1, 0.15) is 0 Å². The van der Waals surface area contributed by atoms with Gasteiger partial charge in [0.05, 0.1) is 5.75 Å². The minimum absolute atomic E-state index is 0.104. The minimum atomic E-state index is -0.104. The van der Waals surface area contributed by atoms with E-state index in [-0.39, 0.29) is 11.7 Å². The summed E-state index contributed by atoms with van der Waals surface area (Å²) in [6, 6.07) is 13.3.